The van der Waals surface area contributed by atoms with E-state index in [1.165, 1.54) is 24.3 Å². The second-order valence-electron chi connectivity index (χ2n) is 10.7. The number of carbonyl (C=O) groups excluding carboxylic acids is 1. The van der Waals surface area contributed by atoms with E-state index in [4.69, 9.17) is 20.7 Å². The van der Waals surface area contributed by atoms with Crippen molar-refractivity contribution >= 4 is 56.4 Å². The Morgan fingerprint density at radius 3 is 2.59 bits per heavy atom. The molecular weight excluding hydrogens is 582 g/mol. The molecule has 1 saturated heterocycles. The van der Waals surface area contributed by atoms with Gasteiger partial charge < -0.3 is 25.7 Å². The zero-order valence-corrected chi connectivity index (χ0v) is 25.2. The predicted molar refractivity (Wildman–Crippen MR) is 171 cm³/mol. The topological polar surface area (TPSA) is 205 Å². The lowest BCUT2D eigenvalue weighted by molar-refractivity contribution is 0.262. The molecule has 230 valence electrons. The van der Waals surface area contributed by atoms with Crippen molar-refractivity contribution in [3.05, 3.63) is 77.7 Å². The molecule has 2 aromatic carbocycles. The summed E-state index contributed by atoms with van der Waals surface area (Å²) in [5.74, 6) is 2.04. The number of hydrogen-bond donors (Lipinski definition) is 6. The van der Waals surface area contributed by atoms with Gasteiger partial charge in [-0.1, -0.05) is 13.0 Å². The number of nitrogens with two attached hydrogens (primary N) is 2. The van der Waals surface area contributed by atoms with Gasteiger partial charge in [0.1, 0.15) is 23.0 Å². The molecule has 2 atom stereocenters. The number of furan rings is 1. The van der Waals surface area contributed by atoms with Crippen LogP contribution in [0.4, 0.5) is 22.2 Å². The van der Waals surface area contributed by atoms with Crippen LogP contribution >= 0.6 is 0 Å². The molecule has 2 amide bonds. The number of rotatable bonds is 10. The molecule has 4 aromatic rings. The van der Waals surface area contributed by atoms with E-state index in [0.29, 0.717) is 35.2 Å². The van der Waals surface area contributed by atoms with Crippen molar-refractivity contribution in [1.82, 2.24) is 14.9 Å². The molecular formula is C30H35N9O4S. The number of aryl methyl sites for hydroxylation is 1. The number of nitrogens with one attached hydrogen (secondary N) is 4. The fourth-order valence-corrected chi connectivity index (χ4v) is 5.67. The second kappa shape index (κ2) is 12.8. The van der Waals surface area contributed by atoms with Crippen LogP contribution in [0.25, 0.3) is 17.0 Å². The zero-order valence-electron chi connectivity index (χ0n) is 24.4. The summed E-state index contributed by atoms with van der Waals surface area (Å²) in [5.41, 5.74) is 8.08. The Labute approximate surface area is 255 Å². The molecule has 1 aliphatic heterocycles. The molecule has 1 aliphatic rings. The highest BCUT2D eigenvalue weighted by Crippen LogP contribution is 2.28. The fraction of sp³-hybridized carbons (Fsp3) is 0.267. The number of primary sulfonamides is 1. The van der Waals surface area contributed by atoms with Gasteiger partial charge in [0.2, 0.25) is 16.0 Å². The Balaban J connectivity index is 1.22. The van der Waals surface area contributed by atoms with Crippen molar-refractivity contribution in [1.29, 1.82) is 5.41 Å². The van der Waals surface area contributed by atoms with E-state index < -0.39 is 16.1 Å². The predicted octanol–water partition coefficient (Wildman–Crippen LogP) is 3.80. The summed E-state index contributed by atoms with van der Waals surface area (Å²) >= 11 is 0. The minimum absolute atomic E-state index is 0.0197. The first kappa shape index (κ1) is 30.7. The molecule has 0 spiro atoms. The van der Waals surface area contributed by atoms with Crippen LogP contribution in [-0.2, 0) is 10.0 Å². The van der Waals surface area contributed by atoms with Gasteiger partial charge in [-0.3, -0.25) is 10.7 Å². The average Bonchev–Trinajstić information content (AvgIpc) is 3.57. The number of hydrogen-bond acceptors (Lipinski definition) is 9. The molecule has 2 aromatic heterocycles. The van der Waals surface area contributed by atoms with Gasteiger partial charge in [0.25, 0.3) is 0 Å². The summed E-state index contributed by atoms with van der Waals surface area (Å²) in [5, 5.41) is 22.3. The smallest absolute Gasteiger partial charge is 0.326 e. The Morgan fingerprint density at radius 1 is 1.11 bits per heavy atom. The average molecular weight is 618 g/mol. The SMILES string of the molecule is CCN1CC(C=Cc2cc3cc(C(=N)N)ccc3o2)C(CNc2cc(C)nc(NC(=O)Nc3ccc(S(N)(=O)=O)cc3)n2)C1. The normalized spacial score (nSPS) is 17.2. The molecule has 0 bridgehead atoms. The number of urea groups is 1. The Bertz CT molecular complexity index is 1820. The number of nitrogens with zero attached hydrogens (tertiary/aromatic N) is 3. The minimum atomic E-state index is -3.83. The highest BCUT2D eigenvalue weighted by Gasteiger charge is 2.30. The maximum Gasteiger partial charge on any atom is 0.326 e. The van der Waals surface area contributed by atoms with Crippen molar-refractivity contribution < 1.29 is 17.6 Å². The molecule has 1 fully saturated rings. The Morgan fingerprint density at radius 2 is 1.89 bits per heavy atom. The first-order chi connectivity index (χ1) is 21.0. The van der Waals surface area contributed by atoms with E-state index in [9.17, 15) is 13.2 Å². The number of likely N-dealkylation sites (tertiary alicyclic amines) is 1. The molecule has 13 nitrogen and oxygen atoms in total. The number of sulfonamides is 1. The van der Waals surface area contributed by atoms with E-state index in [-0.39, 0.29) is 22.6 Å². The van der Waals surface area contributed by atoms with Gasteiger partial charge in [0, 0.05) is 48.0 Å². The number of fused-ring (bicyclic) bond motifs is 1. The van der Waals surface area contributed by atoms with Gasteiger partial charge in [0.15, 0.2) is 0 Å². The van der Waals surface area contributed by atoms with E-state index in [1.54, 1.807) is 6.07 Å². The number of benzene rings is 2. The van der Waals surface area contributed by atoms with Gasteiger partial charge in [-0.25, -0.2) is 23.3 Å². The van der Waals surface area contributed by atoms with Crippen molar-refractivity contribution in [2.24, 2.45) is 22.7 Å². The third-order valence-electron chi connectivity index (χ3n) is 7.43. The van der Waals surface area contributed by atoms with Gasteiger partial charge in [-0.15, -0.1) is 0 Å². The standard InChI is InChI=1S/C30H35N9O4S/c1-3-39-16-20(4-8-24-14-21-13-19(28(31)32)5-11-26(21)43-24)22(17-39)15-34-27-12-18(2)35-29(37-27)38-30(40)36-23-6-9-25(10-7-23)44(33,41)42/h4-14,20,22H,3,15-17H2,1-2H3,(H3,31,32)(H2,33,41,42)(H3,34,35,36,37,38,40). The highest BCUT2D eigenvalue weighted by molar-refractivity contribution is 7.89. The van der Waals surface area contributed by atoms with Gasteiger partial charge in [0.05, 0.1) is 4.90 Å². The van der Waals surface area contributed by atoms with E-state index >= 15 is 0 Å². The third kappa shape index (κ3) is 7.58. The van der Waals surface area contributed by atoms with Gasteiger partial charge in [-0.2, -0.15) is 4.98 Å². The van der Waals surface area contributed by atoms with Crippen molar-refractivity contribution in [3.8, 4) is 0 Å². The quantitative estimate of drug-likeness (QED) is 0.113. The van der Waals surface area contributed by atoms with Crippen LogP contribution in [0.15, 0.2) is 70.0 Å². The number of carbonyl (C=O) groups is 1. The molecule has 2 unspecified atom stereocenters. The molecule has 44 heavy (non-hydrogen) atoms. The largest absolute Gasteiger partial charge is 0.457 e. The molecule has 3 heterocycles. The lowest BCUT2D eigenvalue weighted by atomic mass is 9.95. The van der Waals surface area contributed by atoms with Crippen molar-refractivity contribution in [3.63, 3.8) is 0 Å². The van der Waals surface area contributed by atoms with Crippen LogP contribution in [0.5, 0.6) is 0 Å². The van der Waals surface area contributed by atoms with Crippen LogP contribution in [0, 0.1) is 24.2 Å². The number of amidine groups is 1. The Kier molecular flexibility index (Phi) is 8.94. The first-order valence-corrected chi connectivity index (χ1v) is 15.6. The molecule has 14 heteroatoms. The maximum atomic E-state index is 12.6. The van der Waals surface area contributed by atoms with Crippen LogP contribution < -0.4 is 26.8 Å². The summed E-state index contributed by atoms with van der Waals surface area (Å²) in [6.45, 7) is 7.40. The minimum Gasteiger partial charge on any atom is -0.457 e. The molecule has 0 radical (unpaired) electrons. The molecule has 8 N–H and O–H groups in total. The fourth-order valence-electron chi connectivity index (χ4n) is 5.16. The third-order valence-corrected chi connectivity index (χ3v) is 8.36. The van der Waals surface area contributed by atoms with E-state index in [0.717, 1.165) is 36.4 Å². The van der Waals surface area contributed by atoms with E-state index in [2.05, 4.69) is 43.8 Å². The van der Waals surface area contributed by atoms with Crippen molar-refractivity contribution in [2.75, 3.05) is 42.1 Å². The second-order valence-corrected chi connectivity index (χ2v) is 12.3. The Hall–Kier alpha value is -4.79. The first-order valence-electron chi connectivity index (χ1n) is 14.1. The molecule has 0 saturated carbocycles. The van der Waals surface area contributed by atoms with Crippen LogP contribution in [0.1, 0.15) is 23.9 Å². The van der Waals surface area contributed by atoms with Gasteiger partial charge >= 0.3 is 6.03 Å². The summed E-state index contributed by atoms with van der Waals surface area (Å²) in [6, 6.07) is 14.1. The van der Waals surface area contributed by atoms with E-state index in [1.807, 2.05) is 37.3 Å². The molecule has 0 aliphatic carbocycles. The van der Waals surface area contributed by atoms with Crippen LogP contribution in [0.3, 0.4) is 0 Å². The van der Waals surface area contributed by atoms with Crippen molar-refractivity contribution in [2.45, 2.75) is 18.7 Å². The number of nitrogen functional groups attached to an aromatic ring is 1. The van der Waals surface area contributed by atoms with Gasteiger partial charge in [-0.05, 0) is 79.9 Å². The summed E-state index contributed by atoms with van der Waals surface area (Å²) in [4.78, 5) is 23.7. The van der Waals surface area contributed by atoms with Crippen LogP contribution in [0.2, 0.25) is 0 Å². The van der Waals surface area contributed by atoms with Crippen LogP contribution in [-0.4, -0.2) is 61.3 Å². The number of aromatic nitrogens is 2. The monoisotopic (exact) mass is 617 g/mol. The number of anilines is 3. The number of amides is 2. The lowest BCUT2D eigenvalue weighted by Gasteiger charge is -2.17. The summed E-state index contributed by atoms with van der Waals surface area (Å²) in [7, 11) is -3.83. The maximum absolute atomic E-state index is 12.6. The summed E-state index contributed by atoms with van der Waals surface area (Å²) < 4.78 is 28.9. The molecule has 5 rings (SSSR count). The zero-order chi connectivity index (χ0) is 31.4. The lowest BCUT2D eigenvalue weighted by Crippen LogP contribution is -2.24. The highest BCUT2D eigenvalue weighted by atomic mass is 32.2. The summed E-state index contributed by atoms with van der Waals surface area (Å²) in [6.07, 6.45) is 4.19.